The van der Waals surface area contributed by atoms with E-state index in [9.17, 15) is 9.90 Å². The van der Waals surface area contributed by atoms with Gasteiger partial charge in [-0.3, -0.25) is 9.98 Å². The second-order valence-electron chi connectivity index (χ2n) is 3.82. The summed E-state index contributed by atoms with van der Waals surface area (Å²) in [5, 5.41) is 9.19. The van der Waals surface area contributed by atoms with Gasteiger partial charge in [0.05, 0.1) is 29.4 Å². The topological polar surface area (TPSA) is 65.3 Å². The van der Waals surface area contributed by atoms with E-state index in [4.69, 9.17) is 0 Å². The normalized spacial score (nSPS) is 15.8. The molecule has 88 valence electrons. The number of rotatable bonds is 1. The van der Waals surface area contributed by atoms with Gasteiger partial charge in [0.1, 0.15) is 0 Å². The minimum atomic E-state index is -0.962. The molecular weight excluding hydrogens is 230 g/mol. The molecule has 3 rings (SSSR count). The highest BCUT2D eigenvalue weighted by molar-refractivity contribution is 6.05. The third kappa shape index (κ3) is 1.53. The van der Waals surface area contributed by atoms with Gasteiger partial charge in [-0.05, 0) is 12.1 Å². The minimum absolute atomic E-state index is 0.238. The molecule has 0 aliphatic carbocycles. The summed E-state index contributed by atoms with van der Waals surface area (Å²) in [4.78, 5) is 21.2. The van der Waals surface area contributed by atoms with Crippen LogP contribution in [-0.4, -0.2) is 23.5 Å². The fraction of sp³-hybridized carbons (Fsp3) is 0. The molecule has 2 aliphatic heterocycles. The Morgan fingerprint density at radius 2 is 2.11 bits per heavy atom. The van der Waals surface area contributed by atoms with Crippen LogP contribution in [0.5, 0.6) is 0 Å². The SMILES string of the molecule is O=C(O)c1cccc2c1C=NC=C1C=NC=CN12. The fourth-order valence-corrected chi connectivity index (χ4v) is 1.96. The zero-order valence-corrected chi connectivity index (χ0v) is 9.32. The van der Waals surface area contributed by atoms with Gasteiger partial charge in [0.15, 0.2) is 0 Å². The van der Waals surface area contributed by atoms with E-state index in [1.807, 2.05) is 11.0 Å². The van der Waals surface area contributed by atoms with E-state index in [-0.39, 0.29) is 5.56 Å². The number of aliphatic imine (C=N–C) groups is 2. The van der Waals surface area contributed by atoms with Gasteiger partial charge in [-0.2, -0.15) is 0 Å². The van der Waals surface area contributed by atoms with Crippen LogP contribution in [0, 0.1) is 0 Å². The summed E-state index contributed by atoms with van der Waals surface area (Å²) in [5.41, 5.74) is 2.41. The molecule has 5 nitrogen and oxygen atoms in total. The first-order valence-electron chi connectivity index (χ1n) is 5.36. The number of hydrogen-bond acceptors (Lipinski definition) is 4. The Morgan fingerprint density at radius 3 is 2.94 bits per heavy atom. The first kappa shape index (κ1) is 10.5. The number of fused-ring (bicyclic) bond motifs is 3. The highest BCUT2D eigenvalue weighted by Gasteiger charge is 2.20. The van der Waals surface area contributed by atoms with E-state index in [1.165, 1.54) is 0 Å². The van der Waals surface area contributed by atoms with Crippen molar-refractivity contribution in [3.05, 3.63) is 53.6 Å². The molecule has 0 saturated heterocycles. The lowest BCUT2D eigenvalue weighted by molar-refractivity contribution is 0.0697. The van der Waals surface area contributed by atoms with Gasteiger partial charge < -0.3 is 10.0 Å². The summed E-state index contributed by atoms with van der Waals surface area (Å²) >= 11 is 0. The monoisotopic (exact) mass is 239 g/mol. The lowest BCUT2D eigenvalue weighted by Gasteiger charge is -2.23. The van der Waals surface area contributed by atoms with Gasteiger partial charge in [-0.1, -0.05) is 6.07 Å². The first-order valence-corrected chi connectivity index (χ1v) is 5.36. The number of aromatic carboxylic acids is 1. The van der Waals surface area contributed by atoms with Gasteiger partial charge in [-0.15, -0.1) is 0 Å². The van der Waals surface area contributed by atoms with Crippen LogP contribution in [0.2, 0.25) is 0 Å². The van der Waals surface area contributed by atoms with Crippen molar-refractivity contribution in [3.8, 4) is 0 Å². The average molecular weight is 239 g/mol. The Balaban J connectivity index is 2.23. The van der Waals surface area contributed by atoms with E-state index >= 15 is 0 Å². The summed E-state index contributed by atoms with van der Waals surface area (Å²) in [6.45, 7) is 0. The van der Waals surface area contributed by atoms with Crippen molar-refractivity contribution < 1.29 is 9.90 Å². The zero-order valence-electron chi connectivity index (χ0n) is 9.32. The molecule has 2 heterocycles. The van der Waals surface area contributed by atoms with Gasteiger partial charge in [0.2, 0.25) is 0 Å². The molecule has 18 heavy (non-hydrogen) atoms. The Labute approximate surface area is 103 Å². The predicted octanol–water partition coefficient (Wildman–Crippen LogP) is 2.02. The van der Waals surface area contributed by atoms with Crippen molar-refractivity contribution in [2.75, 3.05) is 4.90 Å². The average Bonchev–Trinajstić information content (AvgIpc) is 2.57. The van der Waals surface area contributed by atoms with Crippen LogP contribution in [0.3, 0.4) is 0 Å². The van der Waals surface area contributed by atoms with Crippen LogP contribution in [0.25, 0.3) is 0 Å². The third-order valence-corrected chi connectivity index (χ3v) is 2.77. The van der Waals surface area contributed by atoms with Crippen LogP contribution in [0.15, 0.2) is 52.5 Å². The van der Waals surface area contributed by atoms with E-state index < -0.39 is 5.97 Å². The zero-order chi connectivity index (χ0) is 12.5. The summed E-state index contributed by atoms with van der Waals surface area (Å²) in [6, 6.07) is 5.15. The lowest BCUT2D eigenvalue weighted by Crippen LogP contribution is -2.19. The Hall–Kier alpha value is -2.69. The van der Waals surface area contributed by atoms with Crippen LogP contribution in [0.1, 0.15) is 15.9 Å². The van der Waals surface area contributed by atoms with Crippen molar-refractivity contribution in [1.82, 2.24) is 0 Å². The standard InChI is InChI=1S/C13H9N3O2/c17-13(18)10-2-1-3-12-11(10)8-15-7-9-6-14-4-5-16(9)12/h1-8H,(H,17,18). The van der Waals surface area contributed by atoms with Crippen molar-refractivity contribution in [3.63, 3.8) is 0 Å². The third-order valence-electron chi connectivity index (χ3n) is 2.77. The Bertz CT molecular complexity index is 642. The van der Waals surface area contributed by atoms with Crippen molar-refractivity contribution in [2.45, 2.75) is 0 Å². The summed E-state index contributed by atoms with van der Waals surface area (Å²) in [7, 11) is 0. The molecule has 1 aromatic rings. The number of carboxylic acid groups (broad SMARTS) is 1. The van der Waals surface area contributed by atoms with E-state index in [0.29, 0.717) is 5.56 Å². The minimum Gasteiger partial charge on any atom is -0.478 e. The van der Waals surface area contributed by atoms with E-state index in [0.717, 1.165) is 11.4 Å². The Morgan fingerprint density at radius 1 is 1.22 bits per heavy atom. The summed E-state index contributed by atoms with van der Waals surface area (Å²) in [5.74, 6) is -0.962. The molecule has 0 saturated carbocycles. The van der Waals surface area contributed by atoms with E-state index in [1.54, 1.807) is 43.2 Å². The van der Waals surface area contributed by atoms with Gasteiger partial charge >= 0.3 is 5.97 Å². The smallest absolute Gasteiger partial charge is 0.336 e. The molecule has 0 radical (unpaired) electrons. The van der Waals surface area contributed by atoms with Crippen LogP contribution in [-0.2, 0) is 0 Å². The first-order chi connectivity index (χ1) is 8.77. The number of carboxylic acids is 1. The second-order valence-corrected chi connectivity index (χ2v) is 3.82. The fourth-order valence-electron chi connectivity index (χ4n) is 1.96. The van der Waals surface area contributed by atoms with Crippen molar-refractivity contribution in [1.29, 1.82) is 0 Å². The Kier molecular flexibility index (Phi) is 2.30. The van der Waals surface area contributed by atoms with E-state index in [2.05, 4.69) is 9.98 Å². The quantitative estimate of drug-likeness (QED) is 0.815. The summed E-state index contributed by atoms with van der Waals surface area (Å²) < 4.78 is 0. The second kappa shape index (κ2) is 3.96. The molecule has 5 heteroatoms. The highest BCUT2D eigenvalue weighted by Crippen LogP contribution is 2.28. The largest absolute Gasteiger partial charge is 0.478 e. The van der Waals surface area contributed by atoms with Crippen LogP contribution in [0.4, 0.5) is 5.69 Å². The number of nitrogens with zero attached hydrogens (tertiary/aromatic N) is 3. The molecule has 0 atom stereocenters. The number of carbonyl (C=O) groups is 1. The molecule has 0 bridgehead atoms. The maximum Gasteiger partial charge on any atom is 0.336 e. The molecule has 0 spiro atoms. The summed E-state index contributed by atoms with van der Waals surface area (Å²) in [6.07, 6.45) is 8.33. The van der Waals surface area contributed by atoms with Gasteiger partial charge in [0.25, 0.3) is 0 Å². The van der Waals surface area contributed by atoms with Gasteiger partial charge in [0, 0.05) is 24.2 Å². The molecule has 1 N–H and O–H groups in total. The predicted molar refractivity (Wildman–Crippen MR) is 69.2 cm³/mol. The van der Waals surface area contributed by atoms with Crippen LogP contribution >= 0.6 is 0 Å². The van der Waals surface area contributed by atoms with Gasteiger partial charge in [-0.25, -0.2) is 4.79 Å². The number of hydrogen-bond donors (Lipinski definition) is 1. The number of benzene rings is 1. The molecule has 2 aliphatic rings. The number of anilines is 1. The molecule has 0 unspecified atom stereocenters. The maximum absolute atomic E-state index is 11.2. The lowest BCUT2D eigenvalue weighted by atomic mass is 10.1. The van der Waals surface area contributed by atoms with Crippen molar-refractivity contribution in [2.24, 2.45) is 9.98 Å². The maximum atomic E-state index is 11.2. The molecular formula is C13H9N3O2. The molecule has 1 aromatic carbocycles. The van der Waals surface area contributed by atoms with Crippen LogP contribution < -0.4 is 4.90 Å². The highest BCUT2D eigenvalue weighted by atomic mass is 16.4. The molecule has 0 aromatic heterocycles. The van der Waals surface area contributed by atoms with Crippen molar-refractivity contribution >= 4 is 24.1 Å². The molecule has 0 fully saturated rings. The number of allylic oxidation sites excluding steroid dienone is 1. The molecule has 0 amide bonds.